The Hall–Kier alpha value is -0.660. The average molecular weight is 290 g/mol. The summed E-state index contributed by atoms with van der Waals surface area (Å²) in [5.74, 6) is -0.117. The zero-order chi connectivity index (χ0) is 13.9. The number of rotatable bonds is 4. The Morgan fingerprint density at radius 1 is 1.11 bits per heavy atom. The maximum absolute atomic E-state index is 11.4. The molecule has 0 bridgehead atoms. The standard InChI is InChI=1S/C12H22N2O4S/c15-12(16)1-4-13-5-7-14(8-6-13)11-2-9-19(17,18)10-3-11/h11H,1-10H2,(H,15,16). The van der Waals surface area contributed by atoms with Gasteiger partial charge in [0.25, 0.3) is 0 Å². The zero-order valence-corrected chi connectivity index (χ0v) is 11.9. The minimum atomic E-state index is -2.79. The lowest BCUT2D eigenvalue weighted by Crippen LogP contribution is -2.52. The van der Waals surface area contributed by atoms with Crippen LogP contribution in [0, 0.1) is 0 Å². The third-order valence-electron chi connectivity index (χ3n) is 4.09. The number of carboxylic acids is 1. The molecule has 2 aliphatic rings. The maximum Gasteiger partial charge on any atom is 0.304 e. The summed E-state index contributed by atoms with van der Waals surface area (Å²) < 4.78 is 22.8. The largest absolute Gasteiger partial charge is 0.481 e. The highest BCUT2D eigenvalue weighted by Crippen LogP contribution is 2.19. The first kappa shape index (κ1) is 14.7. The first-order valence-corrected chi connectivity index (χ1v) is 8.67. The third-order valence-corrected chi connectivity index (χ3v) is 5.80. The van der Waals surface area contributed by atoms with Gasteiger partial charge >= 0.3 is 5.97 Å². The van der Waals surface area contributed by atoms with Crippen LogP contribution in [0.25, 0.3) is 0 Å². The molecule has 0 aromatic carbocycles. The number of piperazine rings is 1. The van der Waals surface area contributed by atoms with Gasteiger partial charge in [-0.3, -0.25) is 9.69 Å². The summed E-state index contributed by atoms with van der Waals surface area (Å²) in [6, 6.07) is 0.394. The lowest BCUT2D eigenvalue weighted by molar-refractivity contribution is -0.137. The van der Waals surface area contributed by atoms with E-state index in [4.69, 9.17) is 5.11 Å². The molecule has 0 unspecified atom stereocenters. The van der Waals surface area contributed by atoms with Crippen molar-refractivity contribution in [3.05, 3.63) is 0 Å². The van der Waals surface area contributed by atoms with Crippen molar-refractivity contribution in [2.45, 2.75) is 25.3 Å². The number of carbonyl (C=O) groups is 1. The quantitative estimate of drug-likeness (QED) is 0.763. The van der Waals surface area contributed by atoms with E-state index in [1.54, 1.807) is 0 Å². The summed E-state index contributed by atoms with van der Waals surface area (Å²) in [4.78, 5) is 15.1. The average Bonchev–Trinajstić information content (AvgIpc) is 2.37. The second-order valence-corrected chi connectivity index (χ2v) is 7.71. The van der Waals surface area contributed by atoms with Crippen molar-refractivity contribution in [3.63, 3.8) is 0 Å². The lowest BCUT2D eigenvalue weighted by atomic mass is 10.1. The van der Waals surface area contributed by atoms with Gasteiger partial charge in [-0.25, -0.2) is 8.42 Å². The molecule has 19 heavy (non-hydrogen) atoms. The SMILES string of the molecule is O=C(O)CCN1CCN(C2CCS(=O)(=O)CC2)CC1. The van der Waals surface area contributed by atoms with Crippen LogP contribution in [0.1, 0.15) is 19.3 Å². The van der Waals surface area contributed by atoms with Crippen molar-refractivity contribution >= 4 is 15.8 Å². The van der Waals surface area contributed by atoms with Gasteiger partial charge in [-0.05, 0) is 12.8 Å². The van der Waals surface area contributed by atoms with Crippen LogP contribution < -0.4 is 0 Å². The molecule has 7 heteroatoms. The van der Waals surface area contributed by atoms with Gasteiger partial charge in [-0.1, -0.05) is 0 Å². The van der Waals surface area contributed by atoms with Gasteiger partial charge < -0.3 is 10.0 Å². The molecule has 1 N–H and O–H groups in total. The van der Waals surface area contributed by atoms with Gasteiger partial charge in [0.1, 0.15) is 9.84 Å². The number of carboxylic acid groups (broad SMARTS) is 1. The Balaban J connectivity index is 1.73. The molecule has 2 rings (SSSR count). The summed E-state index contributed by atoms with van der Waals surface area (Å²) in [6.07, 6.45) is 1.69. The van der Waals surface area contributed by atoms with Crippen LogP contribution in [0.3, 0.4) is 0 Å². The Morgan fingerprint density at radius 2 is 1.68 bits per heavy atom. The van der Waals surface area contributed by atoms with Crippen molar-refractivity contribution in [3.8, 4) is 0 Å². The fraction of sp³-hybridized carbons (Fsp3) is 0.917. The van der Waals surface area contributed by atoms with Gasteiger partial charge in [0.15, 0.2) is 0 Å². The van der Waals surface area contributed by atoms with E-state index in [0.29, 0.717) is 24.1 Å². The predicted octanol–water partition coefficient (Wildman–Crippen LogP) is -0.344. The third kappa shape index (κ3) is 4.43. The summed E-state index contributed by atoms with van der Waals surface area (Å²) in [7, 11) is -2.79. The molecule has 0 aliphatic carbocycles. The van der Waals surface area contributed by atoms with Crippen molar-refractivity contribution in [1.82, 2.24) is 9.80 Å². The van der Waals surface area contributed by atoms with Gasteiger partial charge in [-0.15, -0.1) is 0 Å². The highest BCUT2D eigenvalue weighted by atomic mass is 32.2. The van der Waals surface area contributed by atoms with Crippen LogP contribution >= 0.6 is 0 Å². The highest BCUT2D eigenvalue weighted by molar-refractivity contribution is 7.91. The predicted molar refractivity (Wildman–Crippen MR) is 71.9 cm³/mol. The molecule has 0 radical (unpaired) electrons. The Kier molecular flexibility index (Phi) is 4.81. The van der Waals surface area contributed by atoms with E-state index in [0.717, 1.165) is 39.0 Å². The molecule has 110 valence electrons. The molecule has 2 heterocycles. The number of aliphatic carboxylic acids is 1. The fourth-order valence-corrected chi connectivity index (χ4v) is 4.32. The highest BCUT2D eigenvalue weighted by Gasteiger charge is 2.29. The second kappa shape index (κ2) is 6.19. The minimum absolute atomic E-state index is 0.196. The van der Waals surface area contributed by atoms with E-state index >= 15 is 0 Å². The van der Waals surface area contributed by atoms with E-state index in [1.165, 1.54) is 0 Å². The van der Waals surface area contributed by atoms with E-state index in [2.05, 4.69) is 9.80 Å². The first-order valence-electron chi connectivity index (χ1n) is 6.85. The molecule has 0 aromatic heterocycles. The van der Waals surface area contributed by atoms with Crippen molar-refractivity contribution in [1.29, 1.82) is 0 Å². The minimum Gasteiger partial charge on any atom is -0.481 e. The molecule has 0 amide bonds. The second-order valence-electron chi connectivity index (χ2n) is 5.40. The van der Waals surface area contributed by atoms with E-state index in [9.17, 15) is 13.2 Å². The Morgan fingerprint density at radius 3 is 2.21 bits per heavy atom. The molecule has 2 fully saturated rings. The van der Waals surface area contributed by atoms with Crippen LogP contribution in [0.2, 0.25) is 0 Å². The van der Waals surface area contributed by atoms with E-state index in [-0.39, 0.29) is 6.42 Å². The van der Waals surface area contributed by atoms with Crippen LogP contribution in [0.5, 0.6) is 0 Å². The van der Waals surface area contributed by atoms with Crippen LogP contribution in [-0.2, 0) is 14.6 Å². The summed E-state index contributed by atoms with van der Waals surface area (Å²) in [6.45, 7) is 4.23. The first-order chi connectivity index (χ1) is 8.96. The number of nitrogens with zero attached hydrogens (tertiary/aromatic N) is 2. The van der Waals surface area contributed by atoms with Crippen molar-refractivity contribution < 1.29 is 18.3 Å². The molecular formula is C12H22N2O4S. The van der Waals surface area contributed by atoms with Gasteiger partial charge in [0.05, 0.1) is 17.9 Å². The zero-order valence-electron chi connectivity index (χ0n) is 11.1. The van der Waals surface area contributed by atoms with Crippen LogP contribution in [-0.4, -0.2) is 79.6 Å². The monoisotopic (exact) mass is 290 g/mol. The molecule has 6 nitrogen and oxygen atoms in total. The molecule has 2 aliphatic heterocycles. The van der Waals surface area contributed by atoms with E-state index < -0.39 is 15.8 Å². The number of hydrogen-bond acceptors (Lipinski definition) is 5. The smallest absolute Gasteiger partial charge is 0.304 e. The number of sulfone groups is 1. The van der Waals surface area contributed by atoms with Crippen molar-refractivity contribution in [2.24, 2.45) is 0 Å². The van der Waals surface area contributed by atoms with Gasteiger partial charge in [0, 0.05) is 38.8 Å². The molecule has 0 aromatic rings. The summed E-state index contributed by atoms with van der Waals surface area (Å²) >= 11 is 0. The Labute approximate surface area is 114 Å². The normalized spacial score (nSPS) is 26.3. The molecule has 0 atom stereocenters. The molecule has 0 spiro atoms. The van der Waals surface area contributed by atoms with Crippen molar-refractivity contribution in [2.75, 3.05) is 44.2 Å². The summed E-state index contributed by atoms with van der Waals surface area (Å²) in [5.41, 5.74) is 0. The fourth-order valence-electron chi connectivity index (χ4n) is 2.85. The topological polar surface area (TPSA) is 77.9 Å². The van der Waals surface area contributed by atoms with E-state index in [1.807, 2.05) is 0 Å². The van der Waals surface area contributed by atoms with Crippen LogP contribution in [0.15, 0.2) is 0 Å². The number of hydrogen-bond donors (Lipinski definition) is 1. The van der Waals surface area contributed by atoms with Gasteiger partial charge in [-0.2, -0.15) is 0 Å². The maximum atomic E-state index is 11.4. The molecule has 0 saturated carbocycles. The lowest BCUT2D eigenvalue weighted by Gasteiger charge is -2.40. The molecule has 2 saturated heterocycles. The van der Waals surface area contributed by atoms with Crippen LogP contribution in [0.4, 0.5) is 0 Å². The summed E-state index contributed by atoms with van der Waals surface area (Å²) in [5, 5.41) is 8.66. The van der Waals surface area contributed by atoms with Gasteiger partial charge in [0.2, 0.25) is 0 Å². The Bertz CT molecular complexity index is 401. The molecular weight excluding hydrogens is 268 g/mol.